The molecule has 0 radical (unpaired) electrons. The summed E-state index contributed by atoms with van der Waals surface area (Å²) in [4.78, 5) is 19.8. The largest absolute Gasteiger partial charge is 0.441 e. The number of amides is 1. The SMILES string of the molecule is Cc1ccc(-c2nc(CN3C(=O)[C@@](O)(c4ccccc4)c4ccccc43)c(C)o2)cc1. The quantitative estimate of drug-likeness (QED) is 0.528. The maximum atomic E-state index is 13.5. The van der Waals surface area contributed by atoms with E-state index < -0.39 is 5.60 Å². The minimum atomic E-state index is -1.73. The molecule has 0 fully saturated rings. The van der Waals surface area contributed by atoms with Gasteiger partial charge in [0.2, 0.25) is 5.89 Å². The van der Waals surface area contributed by atoms with Gasteiger partial charge in [0.05, 0.1) is 12.2 Å². The van der Waals surface area contributed by atoms with Crippen LogP contribution in [-0.4, -0.2) is 16.0 Å². The molecule has 1 aliphatic rings. The topological polar surface area (TPSA) is 66.6 Å². The molecule has 1 amide bonds. The average Bonchev–Trinajstić information content (AvgIpc) is 3.27. The fourth-order valence-electron chi connectivity index (χ4n) is 4.09. The molecule has 2 heterocycles. The van der Waals surface area contributed by atoms with Gasteiger partial charge in [-0.15, -0.1) is 0 Å². The van der Waals surface area contributed by atoms with Gasteiger partial charge in [0, 0.05) is 11.1 Å². The molecule has 154 valence electrons. The zero-order valence-corrected chi connectivity index (χ0v) is 17.4. The van der Waals surface area contributed by atoms with Gasteiger partial charge in [-0.2, -0.15) is 0 Å². The van der Waals surface area contributed by atoms with Gasteiger partial charge in [0.15, 0.2) is 5.60 Å². The monoisotopic (exact) mass is 410 g/mol. The lowest BCUT2D eigenvalue weighted by atomic mass is 9.88. The Kier molecular flexibility index (Phi) is 4.49. The van der Waals surface area contributed by atoms with Crippen LogP contribution in [0.5, 0.6) is 0 Å². The Morgan fingerprint density at radius 3 is 2.35 bits per heavy atom. The van der Waals surface area contributed by atoms with Crippen molar-refractivity contribution < 1.29 is 14.3 Å². The van der Waals surface area contributed by atoms with Crippen molar-refractivity contribution in [2.75, 3.05) is 4.90 Å². The van der Waals surface area contributed by atoms with Gasteiger partial charge in [0.1, 0.15) is 11.5 Å². The van der Waals surface area contributed by atoms with Crippen molar-refractivity contribution in [2.24, 2.45) is 0 Å². The van der Waals surface area contributed by atoms with Gasteiger partial charge in [0.25, 0.3) is 5.91 Å². The van der Waals surface area contributed by atoms with E-state index in [1.165, 1.54) is 0 Å². The number of carbonyl (C=O) groups excluding carboxylic acids is 1. The molecule has 3 aromatic carbocycles. The van der Waals surface area contributed by atoms with E-state index in [-0.39, 0.29) is 12.5 Å². The number of aliphatic hydroxyl groups is 1. The first-order valence-electron chi connectivity index (χ1n) is 10.2. The predicted octanol–water partition coefficient (Wildman–Crippen LogP) is 4.74. The number of aromatic nitrogens is 1. The lowest BCUT2D eigenvalue weighted by Gasteiger charge is -2.23. The Morgan fingerprint density at radius 1 is 0.935 bits per heavy atom. The zero-order chi connectivity index (χ0) is 21.6. The van der Waals surface area contributed by atoms with Crippen molar-refractivity contribution in [2.45, 2.75) is 26.0 Å². The molecule has 5 heteroatoms. The Balaban J connectivity index is 1.53. The number of fused-ring (bicyclic) bond motifs is 1. The van der Waals surface area contributed by atoms with Crippen LogP contribution in [0.2, 0.25) is 0 Å². The summed E-state index contributed by atoms with van der Waals surface area (Å²) in [6.07, 6.45) is 0. The molecule has 0 spiro atoms. The van der Waals surface area contributed by atoms with Crippen LogP contribution in [0.3, 0.4) is 0 Å². The molecule has 31 heavy (non-hydrogen) atoms. The van der Waals surface area contributed by atoms with E-state index in [0.29, 0.717) is 34.2 Å². The number of oxazole rings is 1. The highest BCUT2D eigenvalue weighted by molar-refractivity contribution is 6.09. The first kappa shape index (κ1) is 19.3. The standard InChI is InChI=1S/C26H22N2O3/c1-17-12-14-19(15-13-17)24-27-22(18(2)31-24)16-28-23-11-7-6-10-21(23)26(30,25(28)29)20-8-4-3-5-9-20/h3-15,30H,16H2,1-2H3/t26-/m1/s1. The molecule has 0 aliphatic carbocycles. The van der Waals surface area contributed by atoms with Crippen LogP contribution < -0.4 is 4.90 Å². The van der Waals surface area contributed by atoms with Crippen molar-refractivity contribution >= 4 is 11.6 Å². The van der Waals surface area contributed by atoms with Crippen LogP contribution in [0, 0.1) is 13.8 Å². The lowest BCUT2D eigenvalue weighted by Crippen LogP contribution is -2.41. The number of hydrogen-bond donors (Lipinski definition) is 1. The van der Waals surface area contributed by atoms with E-state index in [4.69, 9.17) is 4.42 Å². The number of rotatable bonds is 4. The number of hydrogen-bond acceptors (Lipinski definition) is 4. The molecule has 5 nitrogen and oxygen atoms in total. The van der Waals surface area contributed by atoms with Gasteiger partial charge in [-0.1, -0.05) is 66.2 Å². The van der Waals surface area contributed by atoms with Crippen LogP contribution in [0.25, 0.3) is 11.5 Å². The van der Waals surface area contributed by atoms with Crippen LogP contribution in [0.1, 0.15) is 28.1 Å². The molecule has 0 saturated heterocycles. The fourth-order valence-corrected chi connectivity index (χ4v) is 4.09. The molecule has 0 unspecified atom stereocenters. The Bertz CT molecular complexity index is 1260. The normalized spacial score (nSPS) is 17.8. The highest BCUT2D eigenvalue weighted by Gasteiger charge is 2.51. The van der Waals surface area contributed by atoms with Crippen LogP contribution in [0.15, 0.2) is 83.3 Å². The minimum Gasteiger partial charge on any atom is -0.441 e. The smallest absolute Gasteiger partial charge is 0.268 e. The average molecular weight is 410 g/mol. The molecule has 1 aromatic heterocycles. The van der Waals surface area contributed by atoms with E-state index in [1.54, 1.807) is 23.1 Å². The fraction of sp³-hybridized carbons (Fsp3) is 0.154. The highest BCUT2D eigenvalue weighted by Crippen LogP contribution is 2.45. The Labute approximate surface area is 180 Å². The Hall–Kier alpha value is -3.70. The van der Waals surface area contributed by atoms with Crippen LogP contribution in [-0.2, 0) is 16.9 Å². The lowest BCUT2D eigenvalue weighted by molar-refractivity contribution is -0.132. The molecule has 5 rings (SSSR count). The molecule has 0 bridgehead atoms. The molecule has 1 aliphatic heterocycles. The highest BCUT2D eigenvalue weighted by atomic mass is 16.4. The van der Waals surface area contributed by atoms with Gasteiger partial charge in [-0.3, -0.25) is 4.79 Å². The van der Waals surface area contributed by atoms with Crippen LogP contribution in [0.4, 0.5) is 5.69 Å². The van der Waals surface area contributed by atoms with E-state index in [1.807, 2.05) is 74.5 Å². The van der Waals surface area contributed by atoms with Gasteiger partial charge in [-0.05, 0) is 37.6 Å². The third-order valence-electron chi connectivity index (χ3n) is 5.83. The molecule has 4 aromatic rings. The number of anilines is 1. The van der Waals surface area contributed by atoms with E-state index in [0.717, 1.165) is 11.1 Å². The number of aryl methyl sites for hydroxylation is 2. The van der Waals surface area contributed by atoms with Crippen molar-refractivity contribution in [3.8, 4) is 11.5 Å². The van der Waals surface area contributed by atoms with E-state index in [9.17, 15) is 9.90 Å². The zero-order valence-electron chi connectivity index (χ0n) is 17.4. The summed E-state index contributed by atoms with van der Waals surface area (Å²) in [6, 6.07) is 24.4. The molecular formula is C26H22N2O3. The summed E-state index contributed by atoms with van der Waals surface area (Å²) in [6.45, 7) is 4.09. The van der Waals surface area contributed by atoms with Gasteiger partial charge >= 0.3 is 0 Å². The van der Waals surface area contributed by atoms with Crippen molar-refractivity contribution in [1.82, 2.24) is 4.98 Å². The van der Waals surface area contributed by atoms with E-state index >= 15 is 0 Å². The first-order chi connectivity index (χ1) is 15.0. The number of benzene rings is 3. The van der Waals surface area contributed by atoms with Gasteiger partial charge < -0.3 is 14.4 Å². The third kappa shape index (κ3) is 3.05. The maximum absolute atomic E-state index is 13.5. The maximum Gasteiger partial charge on any atom is 0.268 e. The predicted molar refractivity (Wildman–Crippen MR) is 118 cm³/mol. The summed E-state index contributed by atoms with van der Waals surface area (Å²) >= 11 is 0. The first-order valence-corrected chi connectivity index (χ1v) is 10.2. The second kappa shape index (κ2) is 7.22. The molecular weight excluding hydrogens is 388 g/mol. The number of nitrogens with zero attached hydrogens (tertiary/aromatic N) is 2. The molecule has 1 atom stereocenters. The summed E-state index contributed by atoms with van der Waals surface area (Å²) in [7, 11) is 0. The third-order valence-corrected chi connectivity index (χ3v) is 5.83. The van der Waals surface area contributed by atoms with Gasteiger partial charge in [-0.25, -0.2) is 4.98 Å². The van der Waals surface area contributed by atoms with Crippen LogP contribution >= 0.6 is 0 Å². The number of carbonyl (C=O) groups is 1. The second-order valence-corrected chi connectivity index (χ2v) is 7.87. The number of para-hydroxylation sites is 1. The van der Waals surface area contributed by atoms with Crippen molar-refractivity contribution in [3.05, 3.63) is 107 Å². The minimum absolute atomic E-state index is 0.214. The summed E-state index contributed by atoms with van der Waals surface area (Å²) < 4.78 is 5.90. The summed E-state index contributed by atoms with van der Waals surface area (Å²) in [5.74, 6) is 0.779. The summed E-state index contributed by atoms with van der Waals surface area (Å²) in [5.41, 5.74) is 2.78. The summed E-state index contributed by atoms with van der Waals surface area (Å²) in [5, 5.41) is 11.6. The van der Waals surface area contributed by atoms with Crippen molar-refractivity contribution in [1.29, 1.82) is 0 Å². The Morgan fingerprint density at radius 2 is 1.61 bits per heavy atom. The van der Waals surface area contributed by atoms with E-state index in [2.05, 4.69) is 4.98 Å². The second-order valence-electron chi connectivity index (χ2n) is 7.87. The molecule has 0 saturated carbocycles. The molecule has 1 N–H and O–H groups in total. The van der Waals surface area contributed by atoms with Crippen molar-refractivity contribution in [3.63, 3.8) is 0 Å².